The summed E-state index contributed by atoms with van der Waals surface area (Å²) in [5.74, 6) is 0.228. The molecule has 0 radical (unpaired) electrons. The number of hydrogen-bond acceptors (Lipinski definition) is 6. The number of hydrogen-bond donors (Lipinski definition) is 0. The summed E-state index contributed by atoms with van der Waals surface area (Å²) in [5.41, 5.74) is 1.72. The maximum atomic E-state index is 12.4. The van der Waals surface area contributed by atoms with Gasteiger partial charge in [0.1, 0.15) is 18.1 Å². The largest absolute Gasteiger partial charge is 0.470 e. The molecule has 2 aromatic heterocycles. The Balaban J connectivity index is 1.73. The summed E-state index contributed by atoms with van der Waals surface area (Å²) in [5, 5.41) is 7.97. The van der Waals surface area contributed by atoms with E-state index in [2.05, 4.69) is 25.0 Å². The average Bonchev–Trinajstić information content (AvgIpc) is 3.04. The lowest BCUT2D eigenvalue weighted by molar-refractivity contribution is -0.0497. The highest BCUT2D eigenvalue weighted by atomic mass is 35.5. The molecular weight excluding hydrogens is 356 g/mol. The van der Waals surface area contributed by atoms with Crippen LogP contribution in [0.2, 0.25) is 5.02 Å². The standard InChI is InChI=1S/C15H12ClF2N5O2/c1-9-5-19-6-14(20-9)24-8-10-7-23(22-21-10)11-2-3-12(16)13(4-11)25-15(17)18/h2-7,15H,8H2,1H3. The van der Waals surface area contributed by atoms with Crippen LogP contribution in [0.25, 0.3) is 5.69 Å². The normalized spacial score (nSPS) is 10.9. The lowest BCUT2D eigenvalue weighted by Crippen LogP contribution is -2.03. The molecule has 0 aliphatic heterocycles. The van der Waals surface area contributed by atoms with Crippen molar-refractivity contribution in [3.8, 4) is 17.3 Å². The van der Waals surface area contributed by atoms with Crippen molar-refractivity contribution in [3.05, 3.63) is 53.2 Å². The minimum absolute atomic E-state index is 0.0748. The topological polar surface area (TPSA) is 75.0 Å². The predicted molar refractivity (Wildman–Crippen MR) is 84.1 cm³/mol. The summed E-state index contributed by atoms with van der Waals surface area (Å²) >= 11 is 5.83. The van der Waals surface area contributed by atoms with E-state index >= 15 is 0 Å². The third kappa shape index (κ3) is 4.38. The second-order valence-corrected chi connectivity index (χ2v) is 5.34. The van der Waals surface area contributed by atoms with Gasteiger partial charge in [0, 0.05) is 12.3 Å². The van der Waals surface area contributed by atoms with Crippen molar-refractivity contribution < 1.29 is 18.3 Å². The first kappa shape index (κ1) is 17.0. The van der Waals surface area contributed by atoms with Gasteiger partial charge in [-0.15, -0.1) is 5.10 Å². The zero-order valence-electron chi connectivity index (χ0n) is 12.9. The van der Waals surface area contributed by atoms with Gasteiger partial charge in [0.2, 0.25) is 5.88 Å². The van der Waals surface area contributed by atoms with Gasteiger partial charge in [-0.25, -0.2) is 9.67 Å². The van der Waals surface area contributed by atoms with Crippen molar-refractivity contribution in [2.45, 2.75) is 20.1 Å². The zero-order chi connectivity index (χ0) is 17.8. The Kier molecular flexibility index (Phi) is 5.03. The maximum absolute atomic E-state index is 12.4. The fraction of sp³-hybridized carbons (Fsp3) is 0.200. The van der Waals surface area contributed by atoms with Crippen LogP contribution in [-0.4, -0.2) is 31.6 Å². The molecule has 3 aromatic rings. The molecule has 7 nitrogen and oxygen atoms in total. The summed E-state index contributed by atoms with van der Waals surface area (Å²) in [6.45, 7) is -1.04. The van der Waals surface area contributed by atoms with E-state index in [1.54, 1.807) is 25.4 Å². The Hall–Kier alpha value is -2.81. The molecule has 3 rings (SSSR count). The van der Waals surface area contributed by atoms with Crippen molar-refractivity contribution in [3.63, 3.8) is 0 Å². The average molecular weight is 368 g/mol. The highest BCUT2D eigenvalue weighted by molar-refractivity contribution is 6.32. The number of aromatic nitrogens is 5. The number of aryl methyl sites for hydroxylation is 1. The fourth-order valence-electron chi connectivity index (χ4n) is 1.97. The molecule has 0 aliphatic carbocycles. The summed E-state index contributed by atoms with van der Waals surface area (Å²) < 4.78 is 36.0. The molecule has 0 N–H and O–H groups in total. The van der Waals surface area contributed by atoms with Crippen LogP contribution >= 0.6 is 11.6 Å². The summed E-state index contributed by atoms with van der Waals surface area (Å²) in [6, 6.07) is 4.39. The van der Waals surface area contributed by atoms with Gasteiger partial charge in [-0.2, -0.15) is 8.78 Å². The Morgan fingerprint density at radius 1 is 1.28 bits per heavy atom. The molecule has 0 unspecified atom stereocenters. The Labute approximate surface area is 146 Å². The summed E-state index contributed by atoms with van der Waals surface area (Å²) in [4.78, 5) is 8.13. The molecule has 2 heterocycles. The number of alkyl halides is 2. The lowest BCUT2D eigenvalue weighted by Gasteiger charge is -2.08. The van der Waals surface area contributed by atoms with Crippen LogP contribution < -0.4 is 9.47 Å². The van der Waals surface area contributed by atoms with Gasteiger partial charge < -0.3 is 9.47 Å². The van der Waals surface area contributed by atoms with E-state index in [0.717, 1.165) is 5.69 Å². The zero-order valence-corrected chi connectivity index (χ0v) is 13.7. The van der Waals surface area contributed by atoms with Gasteiger partial charge >= 0.3 is 6.61 Å². The smallest absolute Gasteiger partial charge is 0.387 e. The Morgan fingerprint density at radius 3 is 2.88 bits per heavy atom. The van der Waals surface area contributed by atoms with E-state index in [0.29, 0.717) is 17.3 Å². The van der Waals surface area contributed by atoms with Gasteiger partial charge in [0.25, 0.3) is 0 Å². The van der Waals surface area contributed by atoms with E-state index in [4.69, 9.17) is 16.3 Å². The first-order chi connectivity index (χ1) is 12.0. The highest BCUT2D eigenvalue weighted by Crippen LogP contribution is 2.28. The first-order valence-electron chi connectivity index (χ1n) is 7.08. The number of rotatable bonds is 6. The van der Waals surface area contributed by atoms with Gasteiger partial charge in [0.05, 0.1) is 28.8 Å². The molecule has 0 fully saturated rings. The minimum atomic E-state index is -2.97. The van der Waals surface area contributed by atoms with E-state index in [1.165, 1.54) is 23.0 Å². The number of ether oxygens (including phenoxy) is 2. The second-order valence-electron chi connectivity index (χ2n) is 4.94. The number of benzene rings is 1. The molecule has 0 amide bonds. The molecular formula is C15H12ClF2N5O2. The molecule has 10 heteroatoms. The van der Waals surface area contributed by atoms with Crippen LogP contribution in [-0.2, 0) is 6.61 Å². The van der Waals surface area contributed by atoms with Crippen molar-refractivity contribution in [2.24, 2.45) is 0 Å². The van der Waals surface area contributed by atoms with Crippen molar-refractivity contribution in [1.29, 1.82) is 0 Å². The molecule has 130 valence electrons. The van der Waals surface area contributed by atoms with Crippen molar-refractivity contribution in [1.82, 2.24) is 25.0 Å². The Bertz CT molecular complexity index is 875. The van der Waals surface area contributed by atoms with Crippen LogP contribution in [0.1, 0.15) is 11.4 Å². The SMILES string of the molecule is Cc1cncc(OCc2cn(-c3ccc(Cl)c(OC(F)F)c3)nn2)n1. The van der Waals surface area contributed by atoms with Crippen LogP contribution in [0.4, 0.5) is 8.78 Å². The molecule has 0 bridgehead atoms. The van der Waals surface area contributed by atoms with Crippen molar-refractivity contribution >= 4 is 11.6 Å². The third-order valence-electron chi connectivity index (χ3n) is 3.04. The highest BCUT2D eigenvalue weighted by Gasteiger charge is 2.11. The van der Waals surface area contributed by atoms with E-state index in [9.17, 15) is 8.78 Å². The maximum Gasteiger partial charge on any atom is 0.387 e. The summed E-state index contributed by atoms with van der Waals surface area (Å²) in [7, 11) is 0. The Morgan fingerprint density at radius 2 is 2.12 bits per heavy atom. The van der Waals surface area contributed by atoms with Crippen LogP contribution in [0.15, 0.2) is 36.8 Å². The number of nitrogens with zero attached hydrogens (tertiary/aromatic N) is 5. The van der Waals surface area contributed by atoms with Crippen LogP contribution in [0.5, 0.6) is 11.6 Å². The number of halogens is 3. The molecule has 1 aromatic carbocycles. The molecule has 0 spiro atoms. The van der Waals surface area contributed by atoms with Gasteiger partial charge in [-0.05, 0) is 19.1 Å². The van der Waals surface area contributed by atoms with E-state index in [-0.39, 0.29) is 17.4 Å². The van der Waals surface area contributed by atoms with Gasteiger partial charge in [-0.3, -0.25) is 4.98 Å². The third-order valence-corrected chi connectivity index (χ3v) is 3.35. The van der Waals surface area contributed by atoms with Gasteiger partial charge in [-0.1, -0.05) is 16.8 Å². The van der Waals surface area contributed by atoms with Gasteiger partial charge in [0.15, 0.2) is 0 Å². The molecule has 25 heavy (non-hydrogen) atoms. The van der Waals surface area contributed by atoms with Crippen LogP contribution in [0, 0.1) is 6.92 Å². The minimum Gasteiger partial charge on any atom is -0.470 e. The molecule has 0 saturated carbocycles. The summed E-state index contributed by atoms with van der Waals surface area (Å²) in [6.07, 6.45) is 4.70. The monoisotopic (exact) mass is 367 g/mol. The second kappa shape index (κ2) is 7.39. The molecule has 0 aliphatic rings. The first-order valence-corrected chi connectivity index (χ1v) is 7.46. The van der Waals surface area contributed by atoms with Crippen molar-refractivity contribution in [2.75, 3.05) is 0 Å². The van der Waals surface area contributed by atoms with E-state index < -0.39 is 6.61 Å². The fourth-order valence-corrected chi connectivity index (χ4v) is 2.13. The lowest BCUT2D eigenvalue weighted by atomic mass is 10.3. The molecule has 0 atom stereocenters. The molecule has 0 saturated heterocycles. The quantitative estimate of drug-likeness (QED) is 0.666. The van der Waals surface area contributed by atoms with Crippen LogP contribution in [0.3, 0.4) is 0 Å². The van der Waals surface area contributed by atoms with E-state index in [1.807, 2.05) is 0 Å². The predicted octanol–water partition coefficient (Wildman–Crippen LogP) is 3.20.